The van der Waals surface area contributed by atoms with Gasteiger partial charge in [0.15, 0.2) is 0 Å². The molecule has 1 aromatic carbocycles. The van der Waals surface area contributed by atoms with Gasteiger partial charge in [-0.1, -0.05) is 0 Å². The Morgan fingerprint density at radius 3 is 3.20 bits per heavy atom. The molecule has 110 valence electrons. The number of hydrogen-bond acceptors (Lipinski definition) is 4. The fraction of sp³-hybridized carbons (Fsp3) is 0.571. The van der Waals surface area contributed by atoms with E-state index >= 15 is 0 Å². The predicted molar refractivity (Wildman–Crippen MR) is 81.3 cm³/mol. The number of halogens is 2. The second-order valence-corrected chi connectivity index (χ2v) is 6.34. The number of nitrogens with one attached hydrogen (secondary N) is 1. The summed E-state index contributed by atoms with van der Waals surface area (Å²) >= 11 is 3.17. The van der Waals surface area contributed by atoms with Crippen molar-refractivity contribution in [2.24, 2.45) is 0 Å². The summed E-state index contributed by atoms with van der Waals surface area (Å²) < 4.78 is 19.6. The molecule has 2 aliphatic rings. The molecule has 3 rings (SSSR count). The maximum Gasteiger partial charge on any atom is 0.139 e. The molecule has 2 unspecified atom stereocenters. The smallest absolute Gasteiger partial charge is 0.139 e. The number of fused-ring (bicyclic) bond motifs is 1. The lowest BCUT2D eigenvalue weighted by Crippen LogP contribution is -2.48. The second-order valence-electron chi connectivity index (χ2n) is 5.48. The second kappa shape index (κ2) is 5.87. The number of nitrogens with zero attached hydrogens (tertiary/aromatic N) is 1. The van der Waals surface area contributed by atoms with Crippen LogP contribution in [0.4, 0.5) is 15.8 Å². The first-order valence-corrected chi connectivity index (χ1v) is 7.77. The van der Waals surface area contributed by atoms with E-state index in [2.05, 4.69) is 26.1 Å². The van der Waals surface area contributed by atoms with Crippen LogP contribution in [0.5, 0.6) is 0 Å². The van der Waals surface area contributed by atoms with Crippen molar-refractivity contribution < 1.29 is 9.13 Å². The molecule has 2 heterocycles. The van der Waals surface area contributed by atoms with Crippen LogP contribution in [-0.4, -0.2) is 43.3 Å². The van der Waals surface area contributed by atoms with Gasteiger partial charge >= 0.3 is 0 Å². The van der Waals surface area contributed by atoms with Crippen LogP contribution in [0.25, 0.3) is 0 Å². The molecule has 20 heavy (non-hydrogen) atoms. The Kier molecular flexibility index (Phi) is 4.14. The maximum atomic E-state index is 13.3. The standard InChI is InChI=1S/C14H19BrFN3O/c15-11-4-14(13(17)5-12(11)16)18-6-10-7-19-3-1-2-9(19)8-20-10/h4-5,9-10,18H,1-3,6-8,17H2. The van der Waals surface area contributed by atoms with E-state index in [4.69, 9.17) is 10.5 Å². The molecule has 2 saturated heterocycles. The zero-order valence-corrected chi connectivity index (χ0v) is 12.8. The van der Waals surface area contributed by atoms with Crippen LogP contribution in [-0.2, 0) is 4.74 Å². The molecule has 0 bridgehead atoms. The molecule has 0 aromatic heterocycles. The van der Waals surface area contributed by atoms with Gasteiger partial charge < -0.3 is 15.8 Å². The zero-order chi connectivity index (χ0) is 14.1. The first-order chi connectivity index (χ1) is 9.63. The van der Waals surface area contributed by atoms with Crippen LogP contribution in [0.3, 0.4) is 0 Å². The highest BCUT2D eigenvalue weighted by atomic mass is 79.9. The van der Waals surface area contributed by atoms with E-state index < -0.39 is 0 Å². The molecular weight excluding hydrogens is 325 g/mol. The summed E-state index contributed by atoms with van der Waals surface area (Å²) in [6.07, 6.45) is 2.68. The molecule has 4 nitrogen and oxygen atoms in total. The number of benzene rings is 1. The number of morpholine rings is 1. The minimum Gasteiger partial charge on any atom is -0.397 e. The van der Waals surface area contributed by atoms with E-state index in [0.29, 0.717) is 22.7 Å². The Balaban J connectivity index is 1.58. The van der Waals surface area contributed by atoms with Gasteiger partial charge in [-0.05, 0) is 41.4 Å². The van der Waals surface area contributed by atoms with Gasteiger partial charge in [-0.3, -0.25) is 4.90 Å². The Hall–Kier alpha value is -0.850. The van der Waals surface area contributed by atoms with Crippen LogP contribution >= 0.6 is 15.9 Å². The number of nitrogens with two attached hydrogens (primary N) is 1. The summed E-state index contributed by atoms with van der Waals surface area (Å²) in [5.41, 5.74) is 6.98. The van der Waals surface area contributed by atoms with Gasteiger partial charge in [-0.25, -0.2) is 4.39 Å². The van der Waals surface area contributed by atoms with Crippen molar-refractivity contribution in [3.63, 3.8) is 0 Å². The van der Waals surface area contributed by atoms with Gasteiger partial charge in [-0.2, -0.15) is 0 Å². The van der Waals surface area contributed by atoms with Crippen LogP contribution in [0.2, 0.25) is 0 Å². The van der Waals surface area contributed by atoms with E-state index in [9.17, 15) is 4.39 Å². The van der Waals surface area contributed by atoms with Crippen LogP contribution < -0.4 is 11.1 Å². The Morgan fingerprint density at radius 2 is 2.35 bits per heavy atom. The van der Waals surface area contributed by atoms with Gasteiger partial charge in [0.25, 0.3) is 0 Å². The molecule has 1 aromatic rings. The number of anilines is 2. The minimum atomic E-state index is -0.345. The summed E-state index contributed by atoms with van der Waals surface area (Å²) in [4.78, 5) is 2.50. The lowest BCUT2D eigenvalue weighted by atomic mass is 10.2. The van der Waals surface area contributed by atoms with Crippen molar-refractivity contribution in [1.29, 1.82) is 0 Å². The van der Waals surface area contributed by atoms with Crippen LogP contribution in [0, 0.1) is 5.82 Å². The normalized spacial score (nSPS) is 26.5. The van der Waals surface area contributed by atoms with Crippen LogP contribution in [0.15, 0.2) is 16.6 Å². The van der Waals surface area contributed by atoms with Crippen molar-refractivity contribution >= 4 is 27.3 Å². The SMILES string of the molecule is Nc1cc(F)c(Br)cc1NCC1CN2CCCC2CO1. The fourth-order valence-corrected chi connectivity index (χ4v) is 3.29. The van der Waals surface area contributed by atoms with Crippen molar-refractivity contribution in [2.75, 3.05) is 37.3 Å². The molecule has 0 spiro atoms. The fourth-order valence-electron chi connectivity index (χ4n) is 2.95. The van der Waals surface area contributed by atoms with Crippen molar-refractivity contribution in [3.05, 3.63) is 22.4 Å². The van der Waals surface area contributed by atoms with Gasteiger partial charge in [0, 0.05) is 25.2 Å². The van der Waals surface area contributed by atoms with Crippen LogP contribution in [0.1, 0.15) is 12.8 Å². The average Bonchev–Trinajstić information content (AvgIpc) is 2.89. The van der Waals surface area contributed by atoms with Gasteiger partial charge in [-0.15, -0.1) is 0 Å². The first-order valence-electron chi connectivity index (χ1n) is 6.97. The summed E-state index contributed by atoms with van der Waals surface area (Å²) in [5.74, 6) is -0.345. The Bertz CT molecular complexity index is 500. The highest BCUT2D eigenvalue weighted by molar-refractivity contribution is 9.10. The predicted octanol–water partition coefficient (Wildman–Crippen LogP) is 2.45. The van der Waals surface area contributed by atoms with E-state index in [0.717, 1.165) is 18.8 Å². The zero-order valence-electron chi connectivity index (χ0n) is 11.2. The lowest BCUT2D eigenvalue weighted by Gasteiger charge is -2.35. The molecule has 2 atom stereocenters. The average molecular weight is 344 g/mol. The summed E-state index contributed by atoms with van der Waals surface area (Å²) in [7, 11) is 0. The molecule has 2 aliphatic heterocycles. The number of ether oxygens (including phenoxy) is 1. The maximum absolute atomic E-state index is 13.3. The lowest BCUT2D eigenvalue weighted by molar-refractivity contribution is -0.0415. The Morgan fingerprint density at radius 1 is 1.50 bits per heavy atom. The van der Waals surface area contributed by atoms with Gasteiger partial charge in [0.1, 0.15) is 5.82 Å². The molecule has 6 heteroatoms. The minimum absolute atomic E-state index is 0.160. The molecule has 0 amide bonds. The van der Waals surface area contributed by atoms with E-state index in [1.165, 1.54) is 25.5 Å². The van der Waals surface area contributed by atoms with Crippen molar-refractivity contribution in [1.82, 2.24) is 4.90 Å². The highest BCUT2D eigenvalue weighted by Crippen LogP contribution is 2.27. The van der Waals surface area contributed by atoms with E-state index in [1.807, 2.05) is 0 Å². The van der Waals surface area contributed by atoms with E-state index in [1.54, 1.807) is 6.07 Å². The monoisotopic (exact) mass is 343 g/mol. The topological polar surface area (TPSA) is 50.5 Å². The highest BCUT2D eigenvalue weighted by Gasteiger charge is 2.31. The molecule has 0 saturated carbocycles. The molecule has 3 N–H and O–H groups in total. The number of nitrogen functional groups attached to an aromatic ring is 1. The molecule has 0 radical (unpaired) electrons. The third kappa shape index (κ3) is 2.92. The van der Waals surface area contributed by atoms with Gasteiger partial charge in [0.2, 0.25) is 0 Å². The molecule has 0 aliphatic carbocycles. The quantitative estimate of drug-likeness (QED) is 0.827. The third-order valence-corrected chi connectivity index (χ3v) is 4.68. The molecule has 2 fully saturated rings. The van der Waals surface area contributed by atoms with E-state index in [-0.39, 0.29) is 11.9 Å². The largest absolute Gasteiger partial charge is 0.397 e. The van der Waals surface area contributed by atoms with Crippen molar-refractivity contribution in [3.8, 4) is 0 Å². The number of rotatable bonds is 3. The number of hydrogen-bond donors (Lipinski definition) is 2. The summed E-state index contributed by atoms with van der Waals surface area (Å²) in [6, 6.07) is 3.60. The first kappa shape index (κ1) is 14.1. The van der Waals surface area contributed by atoms with Gasteiger partial charge in [0.05, 0.1) is 28.6 Å². The summed E-state index contributed by atoms with van der Waals surface area (Å²) in [6.45, 7) is 3.63. The summed E-state index contributed by atoms with van der Waals surface area (Å²) in [5, 5.41) is 3.26. The third-order valence-electron chi connectivity index (χ3n) is 4.07. The molecular formula is C14H19BrFN3O. The Labute approximate surface area is 126 Å². The van der Waals surface area contributed by atoms with Crippen molar-refractivity contribution in [2.45, 2.75) is 25.0 Å².